The summed E-state index contributed by atoms with van der Waals surface area (Å²) in [4.78, 5) is 0. The number of unbranched alkanes of at least 4 members (excludes halogenated alkanes) is 3. The topological polar surface area (TPSA) is 35.2 Å². The van der Waals surface area contributed by atoms with Gasteiger partial charge in [0.05, 0.1) is 5.60 Å². The predicted molar refractivity (Wildman–Crippen MR) is 69.6 cm³/mol. The van der Waals surface area contributed by atoms with Crippen LogP contribution in [-0.4, -0.2) is 18.2 Å². The molecule has 96 valence electrons. The van der Waals surface area contributed by atoms with Crippen LogP contribution in [0.5, 0.6) is 0 Å². The Kier molecular flexibility index (Phi) is 6.37. The summed E-state index contributed by atoms with van der Waals surface area (Å²) >= 11 is 0. The van der Waals surface area contributed by atoms with Crippen molar-refractivity contribution in [3.8, 4) is 0 Å². The standard InChI is InChI=1S/C14H29NO/c1-3-5-6-7-10-13(15)14(16-4-2)11-8-9-12-14/h13H,3-12,15H2,1-2H3. The lowest BCUT2D eigenvalue weighted by Gasteiger charge is -2.35. The Morgan fingerprint density at radius 1 is 1.12 bits per heavy atom. The molecule has 1 fully saturated rings. The number of rotatable bonds is 8. The number of ether oxygens (including phenoxy) is 1. The van der Waals surface area contributed by atoms with E-state index >= 15 is 0 Å². The van der Waals surface area contributed by atoms with E-state index in [4.69, 9.17) is 10.5 Å². The first-order chi connectivity index (χ1) is 7.75. The molecule has 0 bridgehead atoms. The van der Waals surface area contributed by atoms with E-state index in [1.807, 2.05) is 0 Å². The fourth-order valence-electron chi connectivity index (χ4n) is 2.94. The summed E-state index contributed by atoms with van der Waals surface area (Å²) in [6.07, 6.45) is 11.3. The van der Waals surface area contributed by atoms with Crippen molar-refractivity contribution in [2.24, 2.45) is 5.73 Å². The van der Waals surface area contributed by atoms with Crippen LogP contribution in [0.2, 0.25) is 0 Å². The summed E-state index contributed by atoms with van der Waals surface area (Å²) in [7, 11) is 0. The molecule has 1 atom stereocenters. The summed E-state index contributed by atoms with van der Waals surface area (Å²) in [6.45, 7) is 5.14. The Bertz CT molecular complexity index is 176. The van der Waals surface area contributed by atoms with Gasteiger partial charge in [-0.2, -0.15) is 0 Å². The molecule has 0 aromatic carbocycles. The lowest BCUT2D eigenvalue weighted by molar-refractivity contribution is -0.0546. The van der Waals surface area contributed by atoms with E-state index < -0.39 is 0 Å². The third kappa shape index (κ3) is 3.74. The third-order valence-electron chi connectivity index (χ3n) is 3.93. The summed E-state index contributed by atoms with van der Waals surface area (Å²) in [5, 5.41) is 0. The number of nitrogens with two attached hydrogens (primary N) is 1. The Balaban J connectivity index is 2.33. The molecule has 0 aliphatic heterocycles. The maximum absolute atomic E-state index is 6.36. The quantitative estimate of drug-likeness (QED) is 0.643. The highest BCUT2D eigenvalue weighted by molar-refractivity contribution is 4.95. The van der Waals surface area contributed by atoms with E-state index in [0.717, 1.165) is 13.0 Å². The van der Waals surface area contributed by atoms with E-state index in [9.17, 15) is 0 Å². The maximum Gasteiger partial charge on any atom is 0.0832 e. The van der Waals surface area contributed by atoms with Crippen molar-refractivity contribution in [1.82, 2.24) is 0 Å². The van der Waals surface area contributed by atoms with Crippen LogP contribution >= 0.6 is 0 Å². The van der Waals surface area contributed by atoms with Crippen LogP contribution < -0.4 is 5.73 Å². The minimum absolute atomic E-state index is 0.0287. The van der Waals surface area contributed by atoms with Gasteiger partial charge in [-0.3, -0.25) is 0 Å². The van der Waals surface area contributed by atoms with Crippen LogP contribution in [0.1, 0.15) is 71.6 Å². The van der Waals surface area contributed by atoms with E-state index in [1.165, 1.54) is 51.4 Å². The second-order valence-corrected chi connectivity index (χ2v) is 5.16. The SMILES string of the molecule is CCCCCCC(N)C1(OCC)CCCC1. The molecule has 16 heavy (non-hydrogen) atoms. The zero-order chi connectivity index (χ0) is 11.9. The van der Waals surface area contributed by atoms with Gasteiger partial charge < -0.3 is 10.5 Å². The van der Waals surface area contributed by atoms with Crippen molar-refractivity contribution in [1.29, 1.82) is 0 Å². The first-order valence-electron chi connectivity index (χ1n) is 7.14. The lowest BCUT2D eigenvalue weighted by Crippen LogP contribution is -2.48. The fourth-order valence-corrected chi connectivity index (χ4v) is 2.94. The van der Waals surface area contributed by atoms with Gasteiger partial charge in [-0.1, -0.05) is 45.4 Å². The highest BCUT2D eigenvalue weighted by Gasteiger charge is 2.39. The molecule has 1 rings (SSSR count). The van der Waals surface area contributed by atoms with Gasteiger partial charge in [0.1, 0.15) is 0 Å². The van der Waals surface area contributed by atoms with Crippen molar-refractivity contribution in [3.05, 3.63) is 0 Å². The smallest absolute Gasteiger partial charge is 0.0832 e. The van der Waals surface area contributed by atoms with E-state index in [-0.39, 0.29) is 11.6 Å². The van der Waals surface area contributed by atoms with Crippen LogP contribution in [0.3, 0.4) is 0 Å². The molecule has 0 radical (unpaired) electrons. The predicted octanol–water partition coefficient (Wildman–Crippen LogP) is 3.63. The molecule has 1 aliphatic rings. The van der Waals surface area contributed by atoms with Gasteiger partial charge in [0.15, 0.2) is 0 Å². The average Bonchev–Trinajstić information content (AvgIpc) is 2.74. The lowest BCUT2D eigenvalue weighted by atomic mass is 9.88. The largest absolute Gasteiger partial charge is 0.374 e. The van der Waals surface area contributed by atoms with E-state index in [1.54, 1.807) is 0 Å². The Morgan fingerprint density at radius 3 is 2.38 bits per heavy atom. The average molecular weight is 227 g/mol. The van der Waals surface area contributed by atoms with Crippen LogP contribution in [0.4, 0.5) is 0 Å². The monoisotopic (exact) mass is 227 g/mol. The van der Waals surface area contributed by atoms with Crippen molar-refractivity contribution in [3.63, 3.8) is 0 Å². The van der Waals surface area contributed by atoms with Gasteiger partial charge in [-0.05, 0) is 26.2 Å². The normalized spacial score (nSPS) is 21.2. The first-order valence-corrected chi connectivity index (χ1v) is 7.14. The van der Waals surface area contributed by atoms with Gasteiger partial charge in [0.2, 0.25) is 0 Å². The number of hydrogen-bond acceptors (Lipinski definition) is 2. The highest BCUT2D eigenvalue weighted by Crippen LogP contribution is 2.36. The first kappa shape index (κ1) is 14.0. The minimum atomic E-state index is 0.0287. The molecule has 1 unspecified atom stereocenters. The summed E-state index contributed by atoms with van der Waals surface area (Å²) < 4.78 is 5.98. The molecule has 0 saturated heterocycles. The maximum atomic E-state index is 6.36. The van der Waals surface area contributed by atoms with Gasteiger partial charge in [-0.25, -0.2) is 0 Å². The zero-order valence-electron chi connectivity index (χ0n) is 11.1. The molecule has 0 aromatic heterocycles. The summed E-state index contributed by atoms with van der Waals surface area (Å²) in [5.74, 6) is 0. The third-order valence-corrected chi connectivity index (χ3v) is 3.93. The second kappa shape index (κ2) is 7.29. The van der Waals surface area contributed by atoms with Crippen LogP contribution in [0.25, 0.3) is 0 Å². The summed E-state index contributed by atoms with van der Waals surface area (Å²) in [5.41, 5.74) is 6.39. The highest BCUT2D eigenvalue weighted by atomic mass is 16.5. The zero-order valence-corrected chi connectivity index (χ0v) is 11.1. The Morgan fingerprint density at radius 2 is 1.81 bits per heavy atom. The van der Waals surface area contributed by atoms with Gasteiger partial charge in [0, 0.05) is 12.6 Å². The van der Waals surface area contributed by atoms with Crippen molar-refractivity contribution in [2.45, 2.75) is 83.3 Å². The summed E-state index contributed by atoms with van der Waals surface area (Å²) in [6, 6.07) is 0.256. The molecule has 2 heteroatoms. The molecule has 1 aliphatic carbocycles. The molecule has 1 saturated carbocycles. The molecule has 0 spiro atoms. The van der Waals surface area contributed by atoms with E-state index in [2.05, 4.69) is 13.8 Å². The van der Waals surface area contributed by atoms with Crippen LogP contribution in [-0.2, 0) is 4.74 Å². The Labute approximate surface area is 101 Å². The Hall–Kier alpha value is -0.0800. The van der Waals surface area contributed by atoms with Crippen molar-refractivity contribution < 1.29 is 4.74 Å². The van der Waals surface area contributed by atoms with Crippen molar-refractivity contribution in [2.75, 3.05) is 6.61 Å². The second-order valence-electron chi connectivity index (χ2n) is 5.16. The molecular weight excluding hydrogens is 198 g/mol. The fraction of sp³-hybridized carbons (Fsp3) is 1.00. The van der Waals surface area contributed by atoms with E-state index in [0.29, 0.717) is 0 Å². The van der Waals surface area contributed by atoms with Gasteiger partial charge >= 0.3 is 0 Å². The van der Waals surface area contributed by atoms with Crippen LogP contribution in [0.15, 0.2) is 0 Å². The van der Waals surface area contributed by atoms with Gasteiger partial charge in [-0.15, -0.1) is 0 Å². The number of hydrogen-bond donors (Lipinski definition) is 1. The molecular formula is C14H29NO. The van der Waals surface area contributed by atoms with Crippen molar-refractivity contribution >= 4 is 0 Å². The minimum Gasteiger partial charge on any atom is -0.374 e. The molecule has 2 N–H and O–H groups in total. The molecule has 2 nitrogen and oxygen atoms in total. The van der Waals surface area contributed by atoms with Gasteiger partial charge in [0.25, 0.3) is 0 Å². The van der Waals surface area contributed by atoms with Crippen LogP contribution in [0, 0.1) is 0 Å². The molecule has 0 heterocycles. The molecule has 0 aromatic rings. The molecule has 0 amide bonds.